The second-order valence-electron chi connectivity index (χ2n) is 8.04. The van der Waals surface area contributed by atoms with Gasteiger partial charge in [-0.2, -0.15) is 0 Å². The van der Waals surface area contributed by atoms with E-state index in [2.05, 4.69) is 35.8 Å². The Hall–Kier alpha value is -3.79. The second-order valence-corrected chi connectivity index (χ2v) is 8.95. The van der Waals surface area contributed by atoms with Crippen molar-refractivity contribution in [1.29, 1.82) is 0 Å². The van der Waals surface area contributed by atoms with E-state index < -0.39 is 11.2 Å². The van der Waals surface area contributed by atoms with Crippen LogP contribution in [-0.2, 0) is 6.54 Å². The van der Waals surface area contributed by atoms with Crippen LogP contribution in [0.1, 0.15) is 15.9 Å². The van der Waals surface area contributed by atoms with Gasteiger partial charge in [-0.3, -0.25) is 19.1 Å². The molecule has 1 saturated heterocycles. The van der Waals surface area contributed by atoms with Gasteiger partial charge in [0.1, 0.15) is 0 Å². The molecule has 2 aromatic heterocycles. The molecule has 9 nitrogen and oxygen atoms in total. The number of H-pyrrole nitrogens is 1. The summed E-state index contributed by atoms with van der Waals surface area (Å²) in [4.78, 5) is 52.8. The molecule has 10 heteroatoms. The van der Waals surface area contributed by atoms with Gasteiger partial charge in [0.15, 0.2) is 0 Å². The van der Waals surface area contributed by atoms with E-state index in [0.717, 1.165) is 10.0 Å². The number of nitrogens with one attached hydrogen (secondary N) is 1. The number of benzene rings is 2. The van der Waals surface area contributed by atoms with Crippen molar-refractivity contribution in [3.63, 3.8) is 0 Å². The van der Waals surface area contributed by atoms with Crippen molar-refractivity contribution in [2.45, 2.75) is 6.54 Å². The van der Waals surface area contributed by atoms with Crippen molar-refractivity contribution in [3.8, 4) is 0 Å². The topological polar surface area (TPSA) is 104 Å². The van der Waals surface area contributed by atoms with E-state index in [0.29, 0.717) is 48.6 Å². The quantitative estimate of drug-likeness (QED) is 0.442. The molecule has 1 aliphatic heterocycles. The zero-order valence-electron chi connectivity index (χ0n) is 18.1. The minimum atomic E-state index is -0.490. The SMILES string of the molecule is O=C(c1cccc(Cn2c(=O)[nH]c(=O)c3cc(Br)ccc32)c1)N1CCN(c2ncccn2)CC1. The summed E-state index contributed by atoms with van der Waals surface area (Å²) in [7, 11) is 0. The van der Waals surface area contributed by atoms with Crippen LogP contribution in [0.2, 0.25) is 0 Å². The number of rotatable bonds is 4. The van der Waals surface area contributed by atoms with Crippen molar-refractivity contribution in [3.05, 3.63) is 97.4 Å². The summed E-state index contributed by atoms with van der Waals surface area (Å²) in [6, 6.07) is 14.2. The summed E-state index contributed by atoms with van der Waals surface area (Å²) in [5.74, 6) is 0.611. The smallest absolute Gasteiger partial charge is 0.329 e. The number of halogens is 1. The summed E-state index contributed by atoms with van der Waals surface area (Å²) in [5, 5.41) is 0.418. The van der Waals surface area contributed by atoms with E-state index >= 15 is 0 Å². The molecule has 0 aliphatic carbocycles. The summed E-state index contributed by atoms with van der Waals surface area (Å²) in [6.45, 7) is 2.68. The van der Waals surface area contributed by atoms with Crippen LogP contribution in [0.4, 0.5) is 5.95 Å². The van der Waals surface area contributed by atoms with Crippen molar-refractivity contribution >= 4 is 38.7 Å². The number of fused-ring (bicyclic) bond motifs is 1. The zero-order valence-corrected chi connectivity index (χ0v) is 19.7. The maximum absolute atomic E-state index is 13.2. The molecule has 4 aromatic rings. The first kappa shape index (κ1) is 22.0. The van der Waals surface area contributed by atoms with Gasteiger partial charge >= 0.3 is 5.69 Å². The fourth-order valence-electron chi connectivity index (χ4n) is 4.16. The number of nitrogens with zero attached hydrogens (tertiary/aromatic N) is 5. The Bertz CT molecular complexity index is 1480. The minimum Gasteiger partial charge on any atom is -0.337 e. The fraction of sp³-hybridized carbons (Fsp3) is 0.208. The average molecular weight is 521 g/mol. The largest absolute Gasteiger partial charge is 0.337 e. The Morgan fingerprint density at radius 1 is 0.971 bits per heavy atom. The number of amides is 1. The maximum Gasteiger partial charge on any atom is 0.329 e. The second kappa shape index (κ2) is 9.22. The van der Waals surface area contributed by atoms with Crippen LogP contribution in [0.15, 0.2) is 75.0 Å². The highest BCUT2D eigenvalue weighted by Gasteiger charge is 2.23. The van der Waals surface area contributed by atoms with Gasteiger partial charge in [0.2, 0.25) is 5.95 Å². The molecule has 172 valence electrons. The molecular weight excluding hydrogens is 500 g/mol. The molecule has 0 spiro atoms. The van der Waals surface area contributed by atoms with Gasteiger partial charge in [-0.05, 0) is 42.0 Å². The first-order valence-corrected chi connectivity index (χ1v) is 11.6. The predicted octanol–water partition coefficient (Wildman–Crippen LogP) is 2.25. The number of carbonyl (C=O) groups excluding carboxylic acids is 1. The average Bonchev–Trinajstić information content (AvgIpc) is 2.87. The Kier molecular flexibility index (Phi) is 5.97. The van der Waals surface area contributed by atoms with E-state index in [1.807, 2.05) is 17.0 Å². The lowest BCUT2D eigenvalue weighted by molar-refractivity contribution is 0.0746. The molecule has 1 fully saturated rings. The Labute approximate surface area is 202 Å². The Morgan fingerprint density at radius 3 is 2.50 bits per heavy atom. The standard InChI is InChI=1S/C24H21BrN6O3/c25-18-5-6-20-19(14-18)21(32)28-24(34)31(20)15-16-3-1-4-17(13-16)22(33)29-9-11-30(12-10-29)23-26-7-2-8-27-23/h1-8,13-14H,9-12,15H2,(H,28,32,34). The highest BCUT2D eigenvalue weighted by Crippen LogP contribution is 2.18. The molecule has 1 N–H and O–H groups in total. The molecule has 0 radical (unpaired) electrons. The van der Waals surface area contributed by atoms with E-state index in [1.54, 1.807) is 48.8 Å². The molecule has 0 saturated carbocycles. The van der Waals surface area contributed by atoms with Crippen molar-refractivity contribution in [1.82, 2.24) is 24.4 Å². The third-order valence-corrected chi connectivity index (χ3v) is 6.37. The molecule has 1 amide bonds. The van der Waals surface area contributed by atoms with Gasteiger partial charge in [0.25, 0.3) is 11.5 Å². The first-order valence-electron chi connectivity index (χ1n) is 10.8. The Balaban J connectivity index is 1.35. The fourth-order valence-corrected chi connectivity index (χ4v) is 4.52. The molecule has 2 aromatic carbocycles. The van der Waals surface area contributed by atoms with Crippen LogP contribution < -0.4 is 16.1 Å². The van der Waals surface area contributed by atoms with Crippen LogP contribution in [0, 0.1) is 0 Å². The van der Waals surface area contributed by atoms with Gasteiger partial charge in [0, 0.05) is 48.6 Å². The number of piperazine rings is 1. The first-order chi connectivity index (χ1) is 16.5. The Morgan fingerprint density at radius 2 is 1.74 bits per heavy atom. The van der Waals surface area contributed by atoms with Crippen molar-refractivity contribution in [2.75, 3.05) is 31.1 Å². The summed E-state index contributed by atoms with van der Waals surface area (Å²) in [5.41, 5.74) is 0.970. The van der Waals surface area contributed by atoms with Crippen LogP contribution >= 0.6 is 15.9 Å². The summed E-state index contributed by atoms with van der Waals surface area (Å²) >= 11 is 3.36. The number of aromatic nitrogens is 4. The van der Waals surface area contributed by atoms with Crippen LogP contribution in [0.5, 0.6) is 0 Å². The van der Waals surface area contributed by atoms with E-state index in [-0.39, 0.29) is 12.5 Å². The number of anilines is 1. The van der Waals surface area contributed by atoms with Crippen LogP contribution in [0.3, 0.4) is 0 Å². The minimum absolute atomic E-state index is 0.0573. The third-order valence-electron chi connectivity index (χ3n) is 5.88. The van der Waals surface area contributed by atoms with Gasteiger partial charge < -0.3 is 9.80 Å². The van der Waals surface area contributed by atoms with Crippen molar-refractivity contribution in [2.24, 2.45) is 0 Å². The highest BCUT2D eigenvalue weighted by molar-refractivity contribution is 9.10. The summed E-state index contributed by atoms with van der Waals surface area (Å²) in [6.07, 6.45) is 3.42. The van der Waals surface area contributed by atoms with E-state index in [9.17, 15) is 14.4 Å². The number of aromatic amines is 1. The maximum atomic E-state index is 13.2. The van der Waals surface area contributed by atoms with Crippen molar-refractivity contribution < 1.29 is 4.79 Å². The van der Waals surface area contributed by atoms with Gasteiger partial charge in [-0.1, -0.05) is 28.1 Å². The van der Waals surface area contributed by atoms with Gasteiger partial charge in [-0.25, -0.2) is 14.8 Å². The van der Waals surface area contributed by atoms with Gasteiger partial charge in [-0.15, -0.1) is 0 Å². The van der Waals surface area contributed by atoms with Crippen LogP contribution in [0.25, 0.3) is 10.9 Å². The molecule has 0 atom stereocenters. The molecular formula is C24H21BrN6O3. The molecule has 3 heterocycles. The van der Waals surface area contributed by atoms with E-state index in [1.165, 1.54) is 4.57 Å². The molecule has 5 rings (SSSR count). The number of hydrogen-bond donors (Lipinski definition) is 1. The molecule has 0 unspecified atom stereocenters. The lowest BCUT2D eigenvalue weighted by Crippen LogP contribution is -2.49. The lowest BCUT2D eigenvalue weighted by atomic mass is 10.1. The van der Waals surface area contributed by atoms with E-state index in [4.69, 9.17) is 0 Å². The molecule has 0 bridgehead atoms. The number of hydrogen-bond acceptors (Lipinski definition) is 6. The predicted molar refractivity (Wildman–Crippen MR) is 132 cm³/mol. The third kappa shape index (κ3) is 4.36. The highest BCUT2D eigenvalue weighted by atomic mass is 79.9. The number of carbonyl (C=O) groups is 1. The molecule has 34 heavy (non-hydrogen) atoms. The summed E-state index contributed by atoms with van der Waals surface area (Å²) < 4.78 is 2.26. The monoisotopic (exact) mass is 520 g/mol. The normalized spacial score (nSPS) is 13.9. The lowest BCUT2D eigenvalue weighted by Gasteiger charge is -2.34. The van der Waals surface area contributed by atoms with Crippen LogP contribution in [-0.4, -0.2) is 56.5 Å². The zero-order chi connectivity index (χ0) is 23.7. The van der Waals surface area contributed by atoms with Gasteiger partial charge in [0.05, 0.1) is 17.4 Å². The molecule has 1 aliphatic rings.